The minimum Gasteiger partial charge on any atom is -0.314 e. The maximum atomic E-state index is 15.3. The molecule has 162 valence electrons. The molecule has 1 atom stereocenters. The summed E-state index contributed by atoms with van der Waals surface area (Å²) in [4.78, 5) is 12.2. The maximum Gasteiger partial charge on any atom is 0.369 e. The van der Waals surface area contributed by atoms with Gasteiger partial charge in [0.2, 0.25) is 9.84 Å². The van der Waals surface area contributed by atoms with Gasteiger partial charge in [-0.1, -0.05) is 18.2 Å². The van der Waals surface area contributed by atoms with Crippen molar-refractivity contribution in [3.05, 3.63) is 48.3 Å². The quantitative estimate of drug-likeness (QED) is 0.704. The molecule has 1 aliphatic rings. The van der Waals surface area contributed by atoms with Gasteiger partial charge < -0.3 is 10.2 Å². The molecule has 0 aliphatic carbocycles. The van der Waals surface area contributed by atoms with Crippen LogP contribution in [-0.2, 0) is 9.84 Å². The van der Waals surface area contributed by atoms with Gasteiger partial charge in [0.15, 0.2) is 0 Å². The number of halogens is 4. The summed E-state index contributed by atoms with van der Waals surface area (Å²) in [7, 11) is -5.51. The SMILES string of the molecule is O=C(Nc1ccnnc1)N1CCCCC1C(F)(F)S(=O)(=O)c1ccccc1C(F)F. The van der Waals surface area contributed by atoms with Crippen LogP contribution in [-0.4, -0.2) is 47.4 Å². The Morgan fingerprint density at radius 1 is 1.17 bits per heavy atom. The van der Waals surface area contributed by atoms with Crippen LogP contribution in [0.25, 0.3) is 0 Å². The molecule has 2 amide bonds. The van der Waals surface area contributed by atoms with E-state index in [1.54, 1.807) is 0 Å². The number of likely N-dealkylation sites (tertiary alicyclic amines) is 1. The number of aromatic nitrogens is 2. The van der Waals surface area contributed by atoms with Gasteiger partial charge in [0.05, 0.1) is 23.0 Å². The first-order valence-corrected chi connectivity index (χ1v) is 10.5. The van der Waals surface area contributed by atoms with Crippen molar-refractivity contribution in [2.75, 3.05) is 11.9 Å². The summed E-state index contributed by atoms with van der Waals surface area (Å²) >= 11 is 0. The number of rotatable bonds is 5. The largest absolute Gasteiger partial charge is 0.369 e. The van der Waals surface area contributed by atoms with E-state index < -0.39 is 44.0 Å². The number of anilines is 1. The second-order valence-corrected chi connectivity index (χ2v) is 8.66. The number of urea groups is 1. The Labute approximate surface area is 170 Å². The van der Waals surface area contributed by atoms with Crippen LogP contribution in [0.3, 0.4) is 0 Å². The number of nitrogens with zero attached hydrogens (tertiary/aromatic N) is 3. The Morgan fingerprint density at radius 3 is 2.57 bits per heavy atom. The van der Waals surface area contributed by atoms with Crippen molar-refractivity contribution in [3.8, 4) is 0 Å². The van der Waals surface area contributed by atoms with E-state index in [2.05, 4.69) is 15.5 Å². The predicted octanol–water partition coefficient (Wildman–Crippen LogP) is 3.87. The predicted molar refractivity (Wildman–Crippen MR) is 98.9 cm³/mol. The van der Waals surface area contributed by atoms with Gasteiger partial charge in [0, 0.05) is 12.1 Å². The molecule has 1 aromatic heterocycles. The average Bonchev–Trinajstić information content (AvgIpc) is 2.74. The molecule has 1 saturated heterocycles. The highest BCUT2D eigenvalue weighted by molar-refractivity contribution is 7.92. The number of piperidine rings is 1. The molecule has 0 saturated carbocycles. The fourth-order valence-electron chi connectivity index (χ4n) is 3.32. The highest BCUT2D eigenvalue weighted by Crippen LogP contribution is 2.41. The van der Waals surface area contributed by atoms with E-state index in [1.807, 2.05) is 0 Å². The summed E-state index contributed by atoms with van der Waals surface area (Å²) in [6.07, 6.45) is -0.425. The molecule has 1 aliphatic heterocycles. The molecule has 3 rings (SSSR count). The lowest BCUT2D eigenvalue weighted by molar-refractivity contribution is -0.0110. The van der Waals surface area contributed by atoms with E-state index in [0.717, 1.165) is 29.2 Å². The Hall–Kier alpha value is -2.76. The highest BCUT2D eigenvalue weighted by atomic mass is 32.2. The van der Waals surface area contributed by atoms with Crippen LogP contribution in [0.15, 0.2) is 47.6 Å². The molecule has 2 heterocycles. The Balaban J connectivity index is 1.95. The summed E-state index contributed by atoms with van der Waals surface area (Å²) in [5.41, 5.74) is -0.819. The molecule has 1 unspecified atom stereocenters. The number of alkyl halides is 4. The van der Waals surface area contributed by atoms with Crippen LogP contribution in [0.4, 0.5) is 28.0 Å². The number of amides is 2. The number of nitrogens with one attached hydrogen (secondary N) is 1. The van der Waals surface area contributed by atoms with Crippen molar-refractivity contribution >= 4 is 21.6 Å². The smallest absolute Gasteiger partial charge is 0.314 e. The van der Waals surface area contributed by atoms with Crippen LogP contribution in [0.1, 0.15) is 31.3 Å². The van der Waals surface area contributed by atoms with Gasteiger partial charge in [-0.15, -0.1) is 0 Å². The standard InChI is InChI=1S/C18H18F4N4O3S/c19-16(20)13-5-1-2-6-14(13)30(28,29)18(21,22)15-7-3-4-10-26(15)17(27)25-12-8-9-23-24-11-12/h1-2,5-6,8-9,11,15-16H,3-4,7,10H2,(H,23,25,27). The van der Waals surface area contributed by atoms with E-state index in [1.165, 1.54) is 18.5 Å². The third-order valence-corrected chi connectivity index (χ3v) is 6.73. The zero-order chi connectivity index (χ0) is 21.9. The molecule has 0 spiro atoms. The zero-order valence-electron chi connectivity index (χ0n) is 15.5. The van der Waals surface area contributed by atoms with Gasteiger partial charge in [-0.2, -0.15) is 19.0 Å². The second-order valence-electron chi connectivity index (χ2n) is 6.67. The first kappa shape index (κ1) is 21.9. The maximum absolute atomic E-state index is 15.3. The lowest BCUT2D eigenvalue weighted by Gasteiger charge is -2.39. The van der Waals surface area contributed by atoms with Gasteiger partial charge in [-0.25, -0.2) is 22.0 Å². The van der Waals surface area contributed by atoms with E-state index in [4.69, 9.17) is 0 Å². The van der Waals surface area contributed by atoms with Crippen molar-refractivity contribution in [2.24, 2.45) is 0 Å². The first-order valence-electron chi connectivity index (χ1n) is 9.00. The molecule has 0 bridgehead atoms. The topological polar surface area (TPSA) is 92.3 Å². The number of carbonyl (C=O) groups excluding carboxylic acids is 1. The molecule has 1 N–H and O–H groups in total. The van der Waals surface area contributed by atoms with Gasteiger partial charge in [0.25, 0.3) is 6.43 Å². The van der Waals surface area contributed by atoms with Crippen LogP contribution in [0, 0.1) is 0 Å². The van der Waals surface area contributed by atoms with Crippen molar-refractivity contribution < 1.29 is 30.8 Å². The van der Waals surface area contributed by atoms with Gasteiger partial charge in [-0.05, 0) is 31.4 Å². The molecule has 2 aromatic rings. The van der Waals surface area contributed by atoms with Crippen molar-refractivity contribution in [2.45, 2.75) is 41.9 Å². The number of carbonyl (C=O) groups is 1. The summed E-state index contributed by atoms with van der Waals surface area (Å²) in [6, 6.07) is 2.17. The lowest BCUT2D eigenvalue weighted by Crippen LogP contribution is -2.57. The third-order valence-electron chi connectivity index (χ3n) is 4.79. The molecular formula is C18H18F4N4O3S. The summed E-state index contributed by atoms with van der Waals surface area (Å²) in [6.45, 7) is -0.114. The molecule has 0 radical (unpaired) electrons. The van der Waals surface area contributed by atoms with Crippen molar-refractivity contribution in [3.63, 3.8) is 0 Å². The van der Waals surface area contributed by atoms with Gasteiger partial charge >= 0.3 is 11.3 Å². The van der Waals surface area contributed by atoms with Crippen molar-refractivity contribution in [1.29, 1.82) is 0 Å². The second kappa shape index (κ2) is 8.54. The fourth-order valence-corrected chi connectivity index (χ4v) is 4.94. The highest BCUT2D eigenvalue weighted by Gasteiger charge is 2.57. The van der Waals surface area contributed by atoms with Crippen LogP contribution in [0.5, 0.6) is 0 Å². The average molecular weight is 446 g/mol. The third kappa shape index (κ3) is 4.09. The molecule has 30 heavy (non-hydrogen) atoms. The number of hydrogen-bond donors (Lipinski definition) is 1. The van der Waals surface area contributed by atoms with Gasteiger partial charge in [-0.3, -0.25) is 0 Å². The van der Waals surface area contributed by atoms with E-state index in [-0.39, 0.29) is 25.1 Å². The Kier molecular flexibility index (Phi) is 6.25. The van der Waals surface area contributed by atoms with Crippen LogP contribution >= 0.6 is 0 Å². The van der Waals surface area contributed by atoms with E-state index >= 15 is 8.78 Å². The number of benzene rings is 1. The zero-order valence-corrected chi connectivity index (χ0v) is 16.3. The normalized spacial score (nSPS) is 17.8. The molecule has 7 nitrogen and oxygen atoms in total. The first-order chi connectivity index (χ1) is 14.2. The molecule has 12 heteroatoms. The summed E-state index contributed by atoms with van der Waals surface area (Å²) < 4.78 is 82.5. The van der Waals surface area contributed by atoms with Gasteiger partial charge in [0.1, 0.15) is 6.04 Å². The fraction of sp³-hybridized carbons (Fsp3) is 0.389. The monoisotopic (exact) mass is 446 g/mol. The van der Waals surface area contributed by atoms with Crippen molar-refractivity contribution in [1.82, 2.24) is 15.1 Å². The minimum atomic E-state index is -5.51. The molecular weight excluding hydrogens is 428 g/mol. The Morgan fingerprint density at radius 2 is 1.90 bits per heavy atom. The lowest BCUT2D eigenvalue weighted by atomic mass is 10.0. The molecule has 1 aromatic carbocycles. The Bertz CT molecular complexity index is 1010. The van der Waals surface area contributed by atoms with E-state index in [9.17, 15) is 22.0 Å². The number of sulfone groups is 1. The summed E-state index contributed by atoms with van der Waals surface area (Å²) in [5, 5.41) is 4.98. The molecule has 1 fully saturated rings. The van der Waals surface area contributed by atoms with E-state index in [0.29, 0.717) is 6.42 Å². The minimum absolute atomic E-state index is 0.114. The number of hydrogen-bond acceptors (Lipinski definition) is 5. The summed E-state index contributed by atoms with van der Waals surface area (Å²) in [5.74, 6) is 0. The van der Waals surface area contributed by atoms with Crippen LogP contribution in [0.2, 0.25) is 0 Å². The van der Waals surface area contributed by atoms with Crippen LogP contribution < -0.4 is 5.32 Å².